The van der Waals surface area contributed by atoms with Gasteiger partial charge in [-0.15, -0.1) is 0 Å². The Bertz CT molecular complexity index is 592. The zero-order valence-corrected chi connectivity index (χ0v) is 12.3. The number of rotatable bonds is 2. The Kier molecular flexibility index (Phi) is 3.67. The SMILES string of the molecule is Ic1cncnc1Nc1ccc2c(c1)OCCCO2. The summed E-state index contributed by atoms with van der Waals surface area (Å²) < 4.78 is 12.2. The molecular formula is C13H12IN3O2. The largest absolute Gasteiger partial charge is 0.490 e. The number of benzene rings is 1. The third-order valence-electron chi connectivity index (χ3n) is 2.68. The van der Waals surface area contributed by atoms with Gasteiger partial charge >= 0.3 is 0 Å². The van der Waals surface area contributed by atoms with Crippen molar-refractivity contribution < 1.29 is 9.47 Å². The molecule has 2 heterocycles. The fourth-order valence-corrected chi connectivity index (χ4v) is 2.22. The minimum absolute atomic E-state index is 0.682. The Balaban J connectivity index is 1.86. The summed E-state index contributed by atoms with van der Waals surface area (Å²) in [5, 5.41) is 3.25. The van der Waals surface area contributed by atoms with Crippen LogP contribution in [-0.4, -0.2) is 23.2 Å². The van der Waals surface area contributed by atoms with Crippen molar-refractivity contribution in [1.82, 2.24) is 9.97 Å². The van der Waals surface area contributed by atoms with Gasteiger partial charge in [0.25, 0.3) is 0 Å². The number of hydrogen-bond acceptors (Lipinski definition) is 5. The van der Waals surface area contributed by atoms with Gasteiger partial charge in [0.2, 0.25) is 0 Å². The van der Waals surface area contributed by atoms with E-state index in [1.165, 1.54) is 6.33 Å². The minimum atomic E-state index is 0.682. The monoisotopic (exact) mass is 369 g/mol. The predicted octanol–water partition coefficient (Wildman–Crippen LogP) is 2.99. The molecule has 3 rings (SSSR count). The van der Waals surface area contributed by atoms with E-state index in [9.17, 15) is 0 Å². The van der Waals surface area contributed by atoms with Gasteiger partial charge < -0.3 is 14.8 Å². The summed E-state index contributed by atoms with van der Waals surface area (Å²) in [6.45, 7) is 1.38. The van der Waals surface area contributed by atoms with Crippen LogP contribution in [-0.2, 0) is 0 Å². The summed E-state index contributed by atoms with van der Waals surface area (Å²) in [5.41, 5.74) is 0.917. The Labute approximate surface area is 124 Å². The van der Waals surface area contributed by atoms with E-state index < -0.39 is 0 Å². The summed E-state index contributed by atoms with van der Waals surface area (Å²) in [5.74, 6) is 2.34. The molecule has 1 N–H and O–H groups in total. The van der Waals surface area contributed by atoms with E-state index >= 15 is 0 Å². The van der Waals surface area contributed by atoms with Crippen molar-refractivity contribution in [2.45, 2.75) is 6.42 Å². The molecule has 0 aliphatic carbocycles. The van der Waals surface area contributed by atoms with Gasteiger partial charge in [-0.1, -0.05) is 0 Å². The molecular weight excluding hydrogens is 357 g/mol. The zero-order valence-electron chi connectivity index (χ0n) is 10.1. The predicted molar refractivity (Wildman–Crippen MR) is 80.1 cm³/mol. The van der Waals surface area contributed by atoms with E-state index in [-0.39, 0.29) is 0 Å². The van der Waals surface area contributed by atoms with E-state index in [1.807, 2.05) is 18.2 Å². The molecule has 98 valence electrons. The van der Waals surface area contributed by atoms with Crippen molar-refractivity contribution in [3.05, 3.63) is 34.3 Å². The molecule has 0 atom stereocenters. The first kappa shape index (κ1) is 12.5. The Morgan fingerprint density at radius 2 is 2.00 bits per heavy atom. The van der Waals surface area contributed by atoms with Crippen LogP contribution in [0.25, 0.3) is 0 Å². The van der Waals surface area contributed by atoms with Gasteiger partial charge in [0.15, 0.2) is 11.5 Å². The van der Waals surface area contributed by atoms with Crippen LogP contribution in [0.4, 0.5) is 11.5 Å². The summed E-state index contributed by atoms with van der Waals surface area (Å²) >= 11 is 2.19. The van der Waals surface area contributed by atoms with Crippen molar-refractivity contribution in [2.24, 2.45) is 0 Å². The highest BCUT2D eigenvalue weighted by Crippen LogP contribution is 2.33. The highest BCUT2D eigenvalue weighted by atomic mass is 127. The lowest BCUT2D eigenvalue weighted by molar-refractivity contribution is 0.297. The van der Waals surface area contributed by atoms with Gasteiger partial charge in [0.1, 0.15) is 12.1 Å². The normalized spacial score (nSPS) is 13.7. The lowest BCUT2D eigenvalue weighted by Gasteiger charge is -2.11. The van der Waals surface area contributed by atoms with Crippen molar-refractivity contribution in [3.8, 4) is 11.5 Å². The molecule has 1 aromatic heterocycles. The quantitative estimate of drug-likeness (QED) is 0.825. The molecule has 0 radical (unpaired) electrons. The van der Waals surface area contributed by atoms with E-state index in [2.05, 4.69) is 37.9 Å². The van der Waals surface area contributed by atoms with Crippen LogP contribution in [0.1, 0.15) is 6.42 Å². The van der Waals surface area contributed by atoms with Gasteiger partial charge in [-0.2, -0.15) is 0 Å². The highest BCUT2D eigenvalue weighted by molar-refractivity contribution is 14.1. The molecule has 0 fully saturated rings. The molecule has 1 aliphatic heterocycles. The molecule has 0 amide bonds. The maximum Gasteiger partial charge on any atom is 0.163 e. The summed E-state index contributed by atoms with van der Waals surface area (Å²) in [7, 11) is 0. The maximum atomic E-state index is 5.66. The Hall–Kier alpha value is -1.57. The Morgan fingerprint density at radius 3 is 2.84 bits per heavy atom. The second kappa shape index (κ2) is 5.60. The second-order valence-electron chi connectivity index (χ2n) is 4.06. The summed E-state index contributed by atoms with van der Waals surface area (Å²) in [6, 6.07) is 5.79. The fourth-order valence-electron chi connectivity index (χ4n) is 1.78. The van der Waals surface area contributed by atoms with Crippen LogP contribution in [0, 0.1) is 3.57 Å². The van der Waals surface area contributed by atoms with E-state index in [1.54, 1.807) is 6.20 Å². The highest BCUT2D eigenvalue weighted by Gasteiger charge is 2.11. The number of halogens is 1. The van der Waals surface area contributed by atoms with Gasteiger partial charge in [-0.25, -0.2) is 9.97 Å². The third-order valence-corrected chi connectivity index (χ3v) is 3.47. The van der Waals surface area contributed by atoms with Crippen LogP contribution < -0.4 is 14.8 Å². The number of nitrogens with zero attached hydrogens (tertiary/aromatic N) is 2. The molecule has 0 bridgehead atoms. The first-order chi connectivity index (χ1) is 9.33. The summed E-state index contributed by atoms with van der Waals surface area (Å²) in [6.07, 6.45) is 4.19. The lowest BCUT2D eigenvalue weighted by Crippen LogP contribution is -1.98. The molecule has 0 unspecified atom stereocenters. The standard InChI is InChI=1S/C13H12IN3O2/c14-10-7-15-8-16-13(10)17-9-2-3-11-12(6-9)19-5-1-4-18-11/h2-3,6-8H,1,4-5H2,(H,15,16,17). The average molecular weight is 369 g/mol. The average Bonchev–Trinajstić information content (AvgIpc) is 2.66. The molecule has 2 aromatic rings. The van der Waals surface area contributed by atoms with E-state index in [0.29, 0.717) is 13.2 Å². The number of aromatic nitrogens is 2. The first-order valence-corrected chi connectivity index (χ1v) is 7.03. The van der Waals surface area contributed by atoms with E-state index in [4.69, 9.17) is 9.47 Å². The van der Waals surface area contributed by atoms with E-state index in [0.717, 1.165) is 33.0 Å². The van der Waals surface area contributed by atoms with Crippen molar-refractivity contribution in [3.63, 3.8) is 0 Å². The smallest absolute Gasteiger partial charge is 0.163 e. The minimum Gasteiger partial charge on any atom is -0.490 e. The van der Waals surface area contributed by atoms with Crippen LogP contribution in [0.15, 0.2) is 30.7 Å². The molecule has 0 saturated heterocycles. The molecule has 0 spiro atoms. The van der Waals surface area contributed by atoms with Gasteiger partial charge in [-0.05, 0) is 34.7 Å². The van der Waals surface area contributed by atoms with Crippen molar-refractivity contribution in [2.75, 3.05) is 18.5 Å². The Morgan fingerprint density at radius 1 is 1.16 bits per heavy atom. The molecule has 5 nitrogen and oxygen atoms in total. The van der Waals surface area contributed by atoms with Crippen LogP contribution in [0.3, 0.4) is 0 Å². The zero-order chi connectivity index (χ0) is 13.1. The fraction of sp³-hybridized carbons (Fsp3) is 0.231. The number of ether oxygens (including phenoxy) is 2. The van der Waals surface area contributed by atoms with Crippen molar-refractivity contribution >= 4 is 34.1 Å². The maximum absolute atomic E-state index is 5.66. The number of hydrogen-bond donors (Lipinski definition) is 1. The molecule has 19 heavy (non-hydrogen) atoms. The molecule has 6 heteroatoms. The van der Waals surface area contributed by atoms with Crippen molar-refractivity contribution in [1.29, 1.82) is 0 Å². The van der Waals surface area contributed by atoms with Crippen LogP contribution in [0.2, 0.25) is 0 Å². The number of fused-ring (bicyclic) bond motifs is 1. The van der Waals surface area contributed by atoms with Gasteiger partial charge in [0, 0.05) is 24.4 Å². The van der Waals surface area contributed by atoms with Gasteiger partial charge in [-0.3, -0.25) is 0 Å². The van der Waals surface area contributed by atoms with Crippen LogP contribution >= 0.6 is 22.6 Å². The molecule has 1 aromatic carbocycles. The lowest BCUT2D eigenvalue weighted by atomic mass is 10.2. The van der Waals surface area contributed by atoms with Crippen LogP contribution in [0.5, 0.6) is 11.5 Å². The first-order valence-electron chi connectivity index (χ1n) is 5.95. The summed E-state index contributed by atoms with van der Waals surface area (Å²) in [4.78, 5) is 8.17. The van der Waals surface area contributed by atoms with Gasteiger partial charge in [0.05, 0.1) is 16.8 Å². The molecule has 1 aliphatic rings. The second-order valence-corrected chi connectivity index (χ2v) is 5.22. The molecule has 0 saturated carbocycles. The number of nitrogens with one attached hydrogen (secondary N) is 1. The topological polar surface area (TPSA) is 56.3 Å². The number of anilines is 2. The third kappa shape index (κ3) is 2.89.